The third-order valence-electron chi connectivity index (χ3n) is 3.96. The van der Waals surface area contributed by atoms with Gasteiger partial charge in [0.05, 0.1) is 6.10 Å². The van der Waals surface area contributed by atoms with E-state index in [1.165, 1.54) is 17.7 Å². The van der Waals surface area contributed by atoms with Crippen LogP contribution in [0.5, 0.6) is 0 Å². The number of ether oxygens (including phenoxy) is 1. The lowest BCUT2D eigenvalue weighted by Crippen LogP contribution is -2.44. The molecule has 0 radical (unpaired) electrons. The minimum absolute atomic E-state index is 0.0709. The molecule has 1 fully saturated rings. The number of benzene rings is 1. The second-order valence-corrected chi connectivity index (χ2v) is 5.33. The Morgan fingerprint density at radius 3 is 2.78 bits per heavy atom. The van der Waals surface area contributed by atoms with E-state index in [-0.39, 0.29) is 6.04 Å². The van der Waals surface area contributed by atoms with Crippen LogP contribution in [0.2, 0.25) is 0 Å². The van der Waals surface area contributed by atoms with E-state index in [1.807, 2.05) is 14.0 Å². The van der Waals surface area contributed by atoms with Gasteiger partial charge in [-0.05, 0) is 30.9 Å². The van der Waals surface area contributed by atoms with Gasteiger partial charge in [-0.1, -0.05) is 25.1 Å². The summed E-state index contributed by atoms with van der Waals surface area (Å²) in [7, 11) is 1.81. The molecule has 2 rings (SSSR count). The van der Waals surface area contributed by atoms with Gasteiger partial charge < -0.3 is 15.4 Å². The van der Waals surface area contributed by atoms with E-state index >= 15 is 0 Å². The van der Waals surface area contributed by atoms with Crippen LogP contribution in [0.4, 0.5) is 5.69 Å². The summed E-state index contributed by atoms with van der Waals surface area (Å²) in [4.78, 5) is 2.41. The van der Waals surface area contributed by atoms with Crippen molar-refractivity contribution in [1.29, 1.82) is 0 Å². The summed E-state index contributed by atoms with van der Waals surface area (Å²) in [6.07, 6.45) is 1.49. The molecule has 3 unspecified atom stereocenters. The van der Waals surface area contributed by atoms with Gasteiger partial charge in [0, 0.05) is 31.9 Å². The maximum absolute atomic E-state index is 6.06. The summed E-state index contributed by atoms with van der Waals surface area (Å²) in [5.74, 6) is 0.633. The monoisotopic (exact) mass is 248 g/mol. The standard InChI is InChI=1S/C15H24N2O/c1-11-8-9-17(10-15(11)18-3)14-7-5-4-6-13(14)12(2)16/h4-7,11-12,15H,8-10,16H2,1-3H3. The Morgan fingerprint density at radius 1 is 1.39 bits per heavy atom. The van der Waals surface area contributed by atoms with Crippen LogP contribution in [0.15, 0.2) is 24.3 Å². The Hall–Kier alpha value is -1.06. The average molecular weight is 248 g/mol. The van der Waals surface area contributed by atoms with Crippen LogP contribution in [-0.2, 0) is 4.74 Å². The molecule has 100 valence electrons. The molecule has 3 heteroatoms. The number of hydrogen-bond donors (Lipinski definition) is 1. The molecule has 1 aliphatic rings. The molecule has 18 heavy (non-hydrogen) atoms. The van der Waals surface area contributed by atoms with Gasteiger partial charge in [-0.25, -0.2) is 0 Å². The van der Waals surface area contributed by atoms with Crippen molar-refractivity contribution in [1.82, 2.24) is 0 Å². The summed E-state index contributed by atoms with van der Waals surface area (Å²) in [6.45, 7) is 6.36. The highest BCUT2D eigenvalue weighted by Gasteiger charge is 2.27. The lowest BCUT2D eigenvalue weighted by Gasteiger charge is -2.38. The third kappa shape index (κ3) is 2.68. The van der Waals surface area contributed by atoms with E-state index < -0.39 is 0 Å². The molecule has 0 amide bonds. The molecule has 3 atom stereocenters. The van der Waals surface area contributed by atoms with Gasteiger partial charge in [-0.2, -0.15) is 0 Å². The van der Waals surface area contributed by atoms with Gasteiger partial charge in [0.25, 0.3) is 0 Å². The number of hydrogen-bond acceptors (Lipinski definition) is 3. The smallest absolute Gasteiger partial charge is 0.0772 e. The maximum atomic E-state index is 6.06. The van der Waals surface area contributed by atoms with Crippen LogP contribution >= 0.6 is 0 Å². The number of piperidine rings is 1. The highest BCUT2D eigenvalue weighted by molar-refractivity contribution is 5.55. The Labute approximate surface area is 110 Å². The van der Waals surface area contributed by atoms with Crippen molar-refractivity contribution >= 4 is 5.69 Å². The summed E-state index contributed by atoms with van der Waals surface area (Å²) < 4.78 is 5.58. The molecule has 1 heterocycles. The van der Waals surface area contributed by atoms with E-state index in [0.29, 0.717) is 12.0 Å². The fourth-order valence-electron chi connectivity index (χ4n) is 2.72. The number of rotatable bonds is 3. The van der Waals surface area contributed by atoms with Gasteiger partial charge in [-0.15, -0.1) is 0 Å². The van der Waals surface area contributed by atoms with Crippen molar-refractivity contribution < 1.29 is 4.74 Å². The molecule has 1 aromatic rings. The zero-order valence-corrected chi connectivity index (χ0v) is 11.6. The van der Waals surface area contributed by atoms with Gasteiger partial charge in [0.15, 0.2) is 0 Å². The fraction of sp³-hybridized carbons (Fsp3) is 0.600. The molecule has 1 aliphatic heterocycles. The first kappa shape index (κ1) is 13.4. The van der Waals surface area contributed by atoms with Crippen LogP contribution in [0.1, 0.15) is 31.9 Å². The van der Waals surface area contributed by atoms with Crippen molar-refractivity contribution in [3.63, 3.8) is 0 Å². The largest absolute Gasteiger partial charge is 0.379 e. The lowest BCUT2D eigenvalue weighted by molar-refractivity contribution is 0.0498. The zero-order chi connectivity index (χ0) is 13.1. The first-order valence-electron chi connectivity index (χ1n) is 6.75. The van der Waals surface area contributed by atoms with Crippen molar-refractivity contribution in [2.24, 2.45) is 11.7 Å². The SMILES string of the molecule is COC1CN(c2ccccc2C(C)N)CCC1C. The molecule has 0 aliphatic carbocycles. The Bertz CT molecular complexity index is 392. The van der Waals surface area contributed by atoms with Crippen LogP contribution < -0.4 is 10.6 Å². The van der Waals surface area contributed by atoms with E-state index in [2.05, 4.69) is 36.1 Å². The zero-order valence-electron chi connectivity index (χ0n) is 11.6. The molecule has 1 aromatic carbocycles. The predicted molar refractivity (Wildman–Crippen MR) is 75.8 cm³/mol. The molecule has 1 saturated heterocycles. The second-order valence-electron chi connectivity index (χ2n) is 5.33. The van der Waals surface area contributed by atoms with Crippen LogP contribution in [0.3, 0.4) is 0 Å². The molecular weight excluding hydrogens is 224 g/mol. The summed E-state index contributed by atoms with van der Waals surface area (Å²) >= 11 is 0. The second kappa shape index (κ2) is 5.72. The van der Waals surface area contributed by atoms with Gasteiger partial charge in [-0.3, -0.25) is 0 Å². The van der Waals surface area contributed by atoms with Gasteiger partial charge >= 0.3 is 0 Å². The maximum Gasteiger partial charge on any atom is 0.0772 e. The average Bonchev–Trinajstić information content (AvgIpc) is 2.39. The predicted octanol–water partition coefficient (Wildman–Crippen LogP) is 2.57. The molecule has 2 N–H and O–H groups in total. The van der Waals surface area contributed by atoms with Gasteiger partial charge in [0.1, 0.15) is 0 Å². The van der Waals surface area contributed by atoms with Crippen LogP contribution in [0, 0.1) is 5.92 Å². The first-order valence-corrected chi connectivity index (χ1v) is 6.75. The molecule has 0 aromatic heterocycles. The Kier molecular flexibility index (Phi) is 4.25. The first-order chi connectivity index (χ1) is 8.63. The fourth-order valence-corrected chi connectivity index (χ4v) is 2.72. The molecule has 3 nitrogen and oxygen atoms in total. The van der Waals surface area contributed by atoms with Gasteiger partial charge in [0.2, 0.25) is 0 Å². The van der Waals surface area contributed by atoms with E-state index in [1.54, 1.807) is 0 Å². The highest BCUT2D eigenvalue weighted by atomic mass is 16.5. The number of nitrogens with two attached hydrogens (primary N) is 1. The summed E-state index contributed by atoms with van der Waals surface area (Å²) in [6, 6.07) is 8.51. The molecule has 0 bridgehead atoms. The van der Waals surface area contributed by atoms with E-state index in [9.17, 15) is 0 Å². The summed E-state index contributed by atoms with van der Waals surface area (Å²) in [5.41, 5.74) is 8.55. The summed E-state index contributed by atoms with van der Waals surface area (Å²) in [5, 5.41) is 0. The minimum atomic E-state index is 0.0709. The molecular formula is C15H24N2O. The topological polar surface area (TPSA) is 38.5 Å². The third-order valence-corrected chi connectivity index (χ3v) is 3.96. The quantitative estimate of drug-likeness (QED) is 0.893. The molecule has 0 spiro atoms. The van der Waals surface area contributed by atoms with Crippen molar-refractivity contribution in [2.45, 2.75) is 32.4 Å². The van der Waals surface area contributed by atoms with Crippen LogP contribution in [-0.4, -0.2) is 26.3 Å². The number of para-hydroxylation sites is 1. The lowest BCUT2D eigenvalue weighted by atomic mass is 9.94. The Morgan fingerprint density at radius 2 is 2.11 bits per heavy atom. The van der Waals surface area contributed by atoms with Crippen molar-refractivity contribution in [3.8, 4) is 0 Å². The molecule has 0 saturated carbocycles. The van der Waals surface area contributed by atoms with Crippen LogP contribution in [0.25, 0.3) is 0 Å². The number of methoxy groups -OCH3 is 1. The minimum Gasteiger partial charge on any atom is -0.379 e. The number of nitrogens with zero attached hydrogens (tertiary/aromatic N) is 1. The van der Waals surface area contributed by atoms with E-state index in [0.717, 1.165) is 13.1 Å². The van der Waals surface area contributed by atoms with Crippen molar-refractivity contribution in [2.75, 3.05) is 25.1 Å². The number of anilines is 1. The Balaban J connectivity index is 2.21. The van der Waals surface area contributed by atoms with E-state index in [4.69, 9.17) is 10.5 Å². The normalized spacial score (nSPS) is 26.1. The van der Waals surface area contributed by atoms with Crippen molar-refractivity contribution in [3.05, 3.63) is 29.8 Å². The highest BCUT2D eigenvalue weighted by Crippen LogP contribution is 2.29.